The fourth-order valence-corrected chi connectivity index (χ4v) is 2.43. The third kappa shape index (κ3) is 4.36. The van der Waals surface area contributed by atoms with Crippen molar-refractivity contribution in [1.29, 1.82) is 0 Å². The molecule has 0 bridgehead atoms. The van der Waals surface area contributed by atoms with Crippen LogP contribution >= 0.6 is 0 Å². The number of esters is 1. The number of methoxy groups -OCH3 is 1. The van der Waals surface area contributed by atoms with Gasteiger partial charge in [0.1, 0.15) is 0 Å². The summed E-state index contributed by atoms with van der Waals surface area (Å²) in [7, 11) is 0.809. The first-order valence-corrected chi connectivity index (χ1v) is 7.90. The number of carbonyl (C=O) groups excluding carboxylic acids is 2. The van der Waals surface area contributed by atoms with Gasteiger partial charge < -0.3 is 4.74 Å². The van der Waals surface area contributed by atoms with Crippen LogP contribution in [0.15, 0.2) is 42.6 Å². The average molecular weight is 382 g/mol. The molecule has 1 atom stereocenters. The van der Waals surface area contributed by atoms with E-state index < -0.39 is 23.7 Å². The van der Waals surface area contributed by atoms with Crippen molar-refractivity contribution in [2.24, 2.45) is 0 Å². The highest BCUT2D eigenvalue weighted by Crippen LogP contribution is 2.32. The first-order valence-electron chi connectivity index (χ1n) is 7.90. The van der Waals surface area contributed by atoms with Crippen molar-refractivity contribution in [3.05, 3.63) is 59.3 Å². The summed E-state index contributed by atoms with van der Waals surface area (Å²) in [6.45, 7) is 3.35. The SMILES string of the molecule is COC(=O)[C@](NC(=O)c1cccc(C)c1)(Nc1cc(C)cc[nH+]1)C(F)(F)F. The molecule has 0 unspecified atom stereocenters. The van der Waals surface area contributed by atoms with E-state index in [2.05, 4.69) is 15.0 Å². The van der Waals surface area contributed by atoms with Gasteiger partial charge in [0.05, 0.1) is 13.3 Å². The maximum absolute atomic E-state index is 14.0. The van der Waals surface area contributed by atoms with E-state index >= 15 is 0 Å². The van der Waals surface area contributed by atoms with Gasteiger partial charge in [0.2, 0.25) is 0 Å². The van der Waals surface area contributed by atoms with Gasteiger partial charge in [0.25, 0.3) is 11.7 Å². The van der Waals surface area contributed by atoms with Gasteiger partial charge in [0.15, 0.2) is 0 Å². The first-order chi connectivity index (χ1) is 12.6. The van der Waals surface area contributed by atoms with Crippen molar-refractivity contribution in [1.82, 2.24) is 5.32 Å². The molecular weight excluding hydrogens is 363 g/mol. The highest BCUT2D eigenvalue weighted by atomic mass is 19.4. The summed E-state index contributed by atoms with van der Waals surface area (Å²) in [6, 6.07) is 8.96. The van der Waals surface area contributed by atoms with Crippen molar-refractivity contribution >= 4 is 17.7 Å². The van der Waals surface area contributed by atoms with E-state index in [-0.39, 0.29) is 11.4 Å². The molecule has 0 saturated heterocycles. The predicted molar refractivity (Wildman–Crippen MR) is 90.8 cm³/mol. The summed E-state index contributed by atoms with van der Waals surface area (Å²) >= 11 is 0. The lowest BCUT2D eigenvalue weighted by Gasteiger charge is -2.30. The molecule has 1 aromatic heterocycles. The van der Waals surface area contributed by atoms with Gasteiger partial charge in [-0.25, -0.2) is 15.1 Å². The van der Waals surface area contributed by atoms with E-state index in [9.17, 15) is 22.8 Å². The van der Waals surface area contributed by atoms with Crippen LogP contribution < -0.4 is 15.6 Å². The topological polar surface area (TPSA) is 81.6 Å². The number of halogens is 3. The van der Waals surface area contributed by atoms with E-state index in [4.69, 9.17) is 0 Å². The highest BCUT2D eigenvalue weighted by molar-refractivity contribution is 5.99. The monoisotopic (exact) mass is 382 g/mol. The van der Waals surface area contributed by atoms with Crippen LogP contribution in [-0.2, 0) is 9.53 Å². The number of anilines is 1. The standard InChI is InChI=1S/C18H18F3N3O3/c1-11-5-4-6-13(9-11)15(25)24-17(16(26)27-3,18(19,20)21)23-14-10-12(2)7-8-22-14/h4-10H,1-3H3,(H,22,23)(H,24,25)/p+1/t17-/m1/s1. The van der Waals surface area contributed by atoms with Crippen LogP contribution in [0.1, 0.15) is 21.5 Å². The largest absolute Gasteiger partial charge is 0.464 e. The Morgan fingerprint density at radius 3 is 2.30 bits per heavy atom. The maximum atomic E-state index is 14.0. The van der Waals surface area contributed by atoms with Crippen LogP contribution in [0.2, 0.25) is 0 Å². The maximum Gasteiger partial charge on any atom is 0.464 e. The molecule has 1 amide bonds. The molecule has 2 rings (SSSR count). The highest BCUT2D eigenvalue weighted by Gasteiger charge is 2.67. The summed E-state index contributed by atoms with van der Waals surface area (Å²) in [5.41, 5.74) is -2.18. The Kier molecular flexibility index (Phi) is 5.72. The zero-order valence-corrected chi connectivity index (χ0v) is 14.9. The Morgan fingerprint density at radius 2 is 1.74 bits per heavy atom. The third-order valence-corrected chi connectivity index (χ3v) is 3.78. The number of ether oxygens (including phenoxy) is 1. The number of amides is 1. The second-order valence-corrected chi connectivity index (χ2v) is 5.97. The van der Waals surface area contributed by atoms with Crippen molar-refractivity contribution in [3.8, 4) is 0 Å². The lowest BCUT2D eigenvalue weighted by atomic mass is 10.1. The Labute approximate surface area is 153 Å². The molecule has 0 aliphatic carbocycles. The lowest BCUT2D eigenvalue weighted by molar-refractivity contribution is -0.363. The first kappa shape index (κ1) is 20.2. The minimum atomic E-state index is -5.20. The van der Waals surface area contributed by atoms with Crippen molar-refractivity contribution in [3.63, 3.8) is 0 Å². The molecule has 0 aliphatic rings. The molecule has 2 aromatic rings. The number of nitrogens with one attached hydrogen (secondary N) is 3. The summed E-state index contributed by atoms with van der Waals surface area (Å²) < 4.78 is 46.2. The smallest absolute Gasteiger partial charge is 0.464 e. The molecule has 9 heteroatoms. The number of aryl methyl sites for hydroxylation is 2. The number of rotatable bonds is 5. The molecule has 0 fully saturated rings. The van der Waals surface area contributed by atoms with E-state index in [0.717, 1.165) is 7.11 Å². The van der Waals surface area contributed by atoms with Gasteiger partial charge in [-0.15, -0.1) is 0 Å². The molecule has 144 valence electrons. The number of pyridine rings is 1. The van der Waals surface area contributed by atoms with Crippen LogP contribution in [0.5, 0.6) is 0 Å². The molecule has 0 radical (unpaired) electrons. The van der Waals surface area contributed by atoms with E-state index in [1.165, 1.54) is 30.5 Å². The second kappa shape index (κ2) is 7.65. The second-order valence-electron chi connectivity index (χ2n) is 5.97. The van der Waals surface area contributed by atoms with Crippen molar-refractivity contribution in [2.75, 3.05) is 12.4 Å². The Balaban J connectivity index is 2.50. The summed E-state index contributed by atoms with van der Waals surface area (Å²) in [6.07, 6.45) is -3.80. The van der Waals surface area contributed by atoms with Gasteiger partial charge in [-0.1, -0.05) is 17.7 Å². The Hall–Kier alpha value is -3.10. The molecule has 1 heterocycles. The molecular formula is C18H19F3N3O3+. The number of alkyl halides is 3. The molecule has 0 spiro atoms. The molecule has 0 aliphatic heterocycles. The number of benzene rings is 1. The van der Waals surface area contributed by atoms with Crippen LogP contribution in [0.25, 0.3) is 0 Å². The zero-order valence-electron chi connectivity index (χ0n) is 14.9. The number of H-pyrrole nitrogens is 1. The number of carbonyl (C=O) groups is 2. The van der Waals surface area contributed by atoms with Gasteiger partial charge >= 0.3 is 17.8 Å². The number of aromatic nitrogens is 1. The number of hydrogen-bond donors (Lipinski definition) is 2. The van der Waals surface area contributed by atoms with Crippen LogP contribution in [-0.4, -0.2) is 30.8 Å². The molecule has 27 heavy (non-hydrogen) atoms. The fourth-order valence-electron chi connectivity index (χ4n) is 2.43. The van der Waals surface area contributed by atoms with Gasteiger partial charge in [-0.3, -0.25) is 10.1 Å². The van der Waals surface area contributed by atoms with E-state index in [0.29, 0.717) is 11.1 Å². The van der Waals surface area contributed by atoms with E-state index in [1.54, 1.807) is 31.3 Å². The zero-order chi connectivity index (χ0) is 20.2. The average Bonchev–Trinajstić information content (AvgIpc) is 2.59. The van der Waals surface area contributed by atoms with Crippen molar-refractivity contribution < 1.29 is 32.5 Å². The predicted octanol–water partition coefficient (Wildman–Crippen LogP) is 2.39. The van der Waals surface area contributed by atoms with Crippen LogP contribution in [0, 0.1) is 13.8 Å². The fraction of sp³-hybridized carbons (Fsp3) is 0.278. The molecule has 1 aromatic carbocycles. The summed E-state index contributed by atoms with van der Waals surface area (Å²) in [4.78, 5) is 27.2. The number of hydrogen-bond acceptors (Lipinski definition) is 4. The van der Waals surface area contributed by atoms with Crippen LogP contribution in [0.3, 0.4) is 0 Å². The number of aromatic amines is 1. The summed E-state index contributed by atoms with van der Waals surface area (Å²) in [5.74, 6) is -2.91. The van der Waals surface area contributed by atoms with Crippen molar-refractivity contribution in [2.45, 2.75) is 25.7 Å². The minimum absolute atomic E-state index is 0.0254. The normalized spacial score (nSPS) is 13.4. The van der Waals surface area contributed by atoms with Gasteiger partial charge in [-0.05, 0) is 37.6 Å². The summed E-state index contributed by atoms with van der Waals surface area (Å²) in [5, 5.41) is 3.82. The molecule has 0 saturated carbocycles. The van der Waals surface area contributed by atoms with Gasteiger partial charge in [-0.2, -0.15) is 13.2 Å². The third-order valence-electron chi connectivity index (χ3n) is 3.78. The molecule has 3 N–H and O–H groups in total. The van der Waals surface area contributed by atoms with Crippen LogP contribution in [0.4, 0.5) is 19.0 Å². The minimum Gasteiger partial charge on any atom is -0.464 e. The van der Waals surface area contributed by atoms with E-state index in [1.807, 2.05) is 0 Å². The lowest BCUT2D eigenvalue weighted by Crippen LogP contribution is -2.69. The van der Waals surface area contributed by atoms with Gasteiger partial charge in [0, 0.05) is 11.6 Å². The molecule has 6 nitrogen and oxygen atoms in total. The Bertz CT molecular complexity index is 855. The quantitative estimate of drug-likeness (QED) is 0.615. The Morgan fingerprint density at radius 1 is 1.07 bits per heavy atom.